The zero-order chi connectivity index (χ0) is 16.2. The number of imidazole rings is 1. The highest BCUT2D eigenvalue weighted by Gasteiger charge is 2.22. The van der Waals surface area contributed by atoms with E-state index in [1.54, 1.807) is 16.7 Å². The fourth-order valence-electron chi connectivity index (χ4n) is 3.25. The van der Waals surface area contributed by atoms with Crippen LogP contribution >= 0.6 is 0 Å². The van der Waals surface area contributed by atoms with Crippen LogP contribution in [0.25, 0.3) is 5.65 Å². The molecule has 2 atom stereocenters. The van der Waals surface area contributed by atoms with Gasteiger partial charge in [0.2, 0.25) is 5.91 Å². The van der Waals surface area contributed by atoms with Gasteiger partial charge in [-0.3, -0.25) is 4.79 Å². The number of fused-ring (bicyclic) bond motifs is 1. The van der Waals surface area contributed by atoms with Crippen molar-refractivity contribution in [2.75, 3.05) is 6.54 Å². The predicted octanol–water partition coefficient (Wildman–Crippen LogP) is 2.07. The third kappa shape index (κ3) is 4.07. The van der Waals surface area contributed by atoms with Gasteiger partial charge in [-0.15, -0.1) is 0 Å². The minimum Gasteiger partial charge on any atom is -0.393 e. The number of pyridine rings is 1. The maximum Gasteiger partial charge on any atom is 0.226 e. The van der Waals surface area contributed by atoms with E-state index < -0.39 is 0 Å². The molecule has 0 aliphatic heterocycles. The number of amides is 1. The first-order valence-electron chi connectivity index (χ1n) is 8.20. The summed E-state index contributed by atoms with van der Waals surface area (Å²) in [7, 11) is 0. The van der Waals surface area contributed by atoms with E-state index >= 15 is 0 Å². The summed E-state index contributed by atoms with van der Waals surface area (Å²) in [5.74, 6) is -0.140. The number of rotatable bonds is 5. The van der Waals surface area contributed by atoms with Crippen LogP contribution in [0.3, 0.4) is 0 Å². The van der Waals surface area contributed by atoms with Gasteiger partial charge in [0.25, 0.3) is 0 Å². The fraction of sp³-hybridized carbons (Fsp3) is 0.529. The van der Waals surface area contributed by atoms with Gasteiger partial charge >= 0.3 is 0 Å². The van der Waals surface area contributed by atoms with Crippen molar-refractivity contribution < 1.29 is 14.3 Å². The number of aromatic nitrogens is 2. The predicted molar refractivity (Wildman–Crippen MR) is 84.4 cm³/mol. The molecule has 1 fully saturated rings. The summed E-state index contributed by atoms with van der Waals surface area (Å²) in [5, 5.41) is 12.8. The molecule has 6 heteroatoms. The van der Waals surface area contributed by atoms with Gasteiger partial charge in [0.1, 0.15) is 11.5 Å². The maximum absolute atomic E-state index is 13.1. The van der Waals surface area contributed by atoms with E-state index in [9.17, 15) is 14.3 Å². The second-order valence-corrected chi connectivity index (χ2v) is 6.27. The van der Waals surface area contributed by atoms with Crippen LogP contribution in [-0.4, -0.2) is 33.0 Å². The molecule has 0 unspecified atom stereocenters. The van der Waals surface area contributed by atoms with Gasteiger partial charge in [-0.25, -0.2) is 9.37 Å². The minimum absolute atomic E-state index is 0.0980. The van der Waals surface area contributed by atoms with E-state index in [4.69, 9.17) is 0 Å². The Morgan fingerprint density at radius 1 is 1.35 bits per heavy atom. The second kappa shape index (κ2) is 7.08. The lowest BCUT2D eigenvalue weighted by Crippen LogP contribution is -2.31. The summed E-state index contributed by atoms with van der Waals surface area (Å²) in [6, 6.07) is 2.93. The van der Waals surface area contributed by atoms with Gasteiger partial charge in [-0.05, 0) is 37.3 Å². The van der Waals surface area contributed by atoms with E-state index in [0.717, 1.165) is 32.1 Å². The molecule has 1 amide bonds. The average molecular weight is 319 g/mol. The first kappa shape index (κ1) is 15.9. The minimum atomic E-state index is -0.336. The number of hydrogen-bond acceptors (Lipinski definition) is 3. The third-order valence-electron chi connectivity index (χ3n) is 4.51. The number of carbonyl (C=O) groups is 1. The fourth-order valence-corrected chi connectivity index (χ4v) is 3.25. The van der Waals surface area contributed by atoms with Crippen LogP contribution < -0.4 is 5.32 Å². The number of carbonyl (C=O) groups excluding carboxylic acids is 1. The van der Waals surface area contributed by atoms with E-state index in [2.05, 4.69) is 10.3 Å². The standard InChI is InChI=1S/C17H22FN3O2/c18-13-5-6-16-20-14(11-21(16)10-13)9-17(23)19-8-7-12-3-1-2-4-15(12)22/h5-6,10-12,15,22H,1-4,7-9H2,(H,19,23)/t12-,15-/m1/s1. The number of halogens is 1. The molecule has 1 aliphatic rings. The van der Waals surface area contributed by atoms with Crippen molar-refractivity contribution >= 4 is 11.6 Å². The van der Waals surface area contributed by atoms with Crippen molar-refractivity contribution in [2.24, 2.45) is 5.92 Å². The quantitative estimate of drug-likeness (QED) is 0.886. The zero-order valence-electron chi connectivity index (χ0n) is 13.0. The van der Waals surface area contributed by atoms with E-state index in [0.29, 0.717) is 23.8 Å². The van der Waals surface area contributed by atoms with Crippen molar-refractivity contribution in [2.45, 2.75) is 44.6 Å². The second-order valence-electron chi connectivity index (χ2n) is 6.27. The van der Waals surface area contributed by atoms with Crippen LogP contribution in [0.15, 0.2) is 24.5 Å². The highest BCUT2D eigenvalue weighted by atomic mass is 19.1. The lowest BCUT2D eigenvalue weighted by atomic mass is 9.84. The molecular formula is C17H22FN3O2. The number of nitrogens with zero attached hydrogens (tertiary/aromatic N) is 2. The van der Waals surface area contributed by atoms with E-state index in [-0.39, 0.29) is 24.2 Å². The van der Waals surface area contributed by atoms with Gasteiger partial charge < -0.3 is 14.8 Å². The summed E-state index contributed by atoms with van der Waals surface area (Å²) < 4.78 is 14.7. The molecule has 2 aromatic rings. The van der Waals surface area contributed by atoms with Crippen molar-refractivity contribution in [3.8, 4) is 0 Å². The monoisotopic (exact) mass is 319 g/mol. The molecule has 0 radical (unpaired) electrons. The van der Waals surface area contributed by atoms with Gasteiger partial charge in [0.05, 0.1) is 18.2 Å². The number of aliphatic hydroxyl groups is 1. The van der Waals surface area contributed by atoms with E-state index in [1.807, 2.05) is 0 Å². The molecule has 23 heavy (non-hydrogen) atoms. The summed E-state index contributed by atoms with van der Waals surface area (Å²) in [5.41, 5.74) is 1.24. The van der Waals surface area contributed by atoms with Crippen molar-refractivity contribution in [1.82, 2.24) is 14.7 Å². The van der Waals surface area contributed by atoms with Crippen molar-refractivity contribution in [3.05, 3.63) is 36.0 Å². The maximum atomic E-state index is 13.1. The SMILES string of the molecule is O=C(Cc1cn2cc(F)ccc2n1)NCC[C@H]1CCCC[C@H]1O. The van der Waals surface area contributed by atoms with Crippen molar-refractivity contribution in [1.29, 1.82) is 0 Å². The van der Waals surface area contributed by atoms with Gasteiger partial charge in [-0.2, -0.15) is 0 Å². The van der Waals surface area contributed by atoms with Crippen LogP contribution in [0.2, 0.25) is 0 Å². The van der Waals surface area contributed by atoms with Crippen LogP contribution in [0, 0.1) is 11.7 Å². The molecule has 0 aromatic carbocycles. The topological polar surface area (TPSA) is 66.6 Å². The molecule has 124 valence electrons. The summed E-state index contributed by atoms with van der Waals surface area (Å²) in [6.45, 7) is 0.572. The molecule has 5 nitrogen and oxygen atoms in total. The smallest absolute Gasteiger partial charge is 0.226 e. The van der Waals surface area contributed by atoms with Gasteiger partial charge in [0.15, 0.2) is 0 Å². The largest absolute Gasteiger partial charge is 0.393 e. The average Bonchev–Trinajstić information content (AvgIpc) is 2.90. The summed E-state index contributed by atoms with van der Waals surface area (Å²) in [6.07, 6.45) is 7.93. The molecule has 2 heterocycles. The lowest BCUT2D eigenvalue weighted by Gasteiger charge is -2.27. The lowest BCUT2D eigenvalue weighted by molar-refractivity contribution is -0.120. The Balaban J connectivity index is 1.48. The molecule has 0 spiro atoms. The first-order valence-corrected chi connectivity index (χ1v) is 8.20. The molecule has 1 saturated carbocycles. The number of hydrogen-bond donors (Lipinski definition) is 2. The Morgan fingerprint density at radius 3 is 3.00 bits per heavy atom. The van der Waals surface area contributed by atoms with E-state index in [1.165, 1.54) is 12.3 Å². The molecule has 1 aliphatic carbocycles. The van der Waals surface area contributed by atoms with Crippen LogP contribution in [0.4, 0.5) is 4.39 Å². The molecule has 2 aromatic heterocycles. The molecule has 3 rings (SSSR count). The van der Waals surface area contributed by atoms with Gasteiger partial charge in [0, 0.05) is 18.9 Å². The van der Waals surface area contributed by atoms with Crippen molar-refractivity contribution in [3.63, 3.8) is 0 Å². The van der Waals surface area contributed by atoms with Gasteiger partial charge in [-0.1, -0.05) is 12.8 Å². The Labute approximate surface area is 134 Å². The van der Waals surface area contributed by atoms with Crippen LogP contribution in [0.1, 0.15) is 37.8 Å². The Bertz CT molecular complexity index is 686. The first-order chi connectivity index (χ1) is 11.1. The van der Waals surface area contributed by atoms with Crippen LogP contribution in [0.5, 0.6) is 0 Å². The number of nitrogens with one attached hydrogen (secondary N) is 1. The molecule has 0 saturated heterocycles. The normalized spacial score (nSPS) is 21.5. The Kier molecular flexibility index (Phi) is 4.91. The molecule has 0 bridgehead atoms. The Morgan fingerprint density at radius 2 is 2.17 bits per heavy atom. The Hall–Kier alpha value is -1.95. The highest BCUT2D eigenvalue weighted by molar-refractivity contribution is 5.78. The van der Waals surface area contributed by atoms with Crippen LogP contribution in [-0.2, 0) is 11.2 Å². The molecule has 2 N–H and O–H groups in total. The third-order valence-corrected chi connectivity index (χ3v) is 4.51. The summed E-state index contributed by atoms with van der Waals surface area (Å²) >= 11 is 0. The zero-order valence-corrected chi connectivity index (χ0v) is 13.0. The number of aliphatic hydroxyl groups excluding tert-OH is 1. The highest BCUT2D eigenvalue weighted by Crippen LogP contribution is 2.26. The molecular weight excluding hydrogens is 297 g/mol. The summed E-state index contributed by atoms with van der Waals surface area (Å²) in [4.78, 5) is 16.3.